The van der Waals surface area contributed by atoms with Crippen molar-refractivity contribution in [1.29, 1.82) is 0 Å². The van der Waals surface area contributed by atoms with Crippen LogP contribution in [0, 0.1) is 0 Å². The van der Waals surface area contributed by atoms with Gasteiger partial charge < -0.3 is 29.9 Å². The quantitative estimate of drug-likeness (QED) is 0.104. The Hall–Kier alpha value is -4.87. The topological polar surface area (TPSA) is 281 Å². The predicted molar refractivity (Wildman–Crippen MR) is 199 cm³/mol. The number of nitrogens with two attached hydrogens (primary N) is 1. The second-order valence-electron chi connectivity index (χ2n) is 13.1. The summed E-state index contributed by atoms with van der Waals surface area (Å²) in [5.41, 5.74) is 4.85. The van der Waals surface area contributed by atoms with Crippen LogP contribution in [0.2, 0.25) is 0 Å². The first kappa shape index (κ1) is 40.9. The van der Waals surface area contributed by atoms with E-state index in [9.17, 15) is 33.5 Å². The molecule has 4 unspecified atom stereocenters. The van der Waals surface area contributed by atoms with Crippen molar-refractivity contribution in [3.8, 4) is 11.5 Å². The first-order chi connectivity index (χ1) is 28.2. The number of alkyl halides is 2. The van der Waals surface area contributed by atoms with Crippen LogP contribution in [0.4, 0.5) is 14.6 Å². The fraction of sp³-hybridized carbons (Fsp3) is 0.333. The van der Waals surface area contributed by atoms with Gasteiger partial charge in [-0.2, -0.15) is 0 Å². The lowest BCUT2D eigenvalue weighted by Crippen LogP contribution is -2.37. The number of halogens is 2. The molecule has 3 fully saturated rings. The Bertz CT molecular complexity index is 2590. The number of nitrogens with one attached hydrogen (secondary N) is 1. The zero-order chi connectivity index (χ0) is 41.6. The third-order valence-electron chi connectivity index (χ3n) is 9.25. The number of rotatable bonds is 7. The van der Waals surface area contributed by atoms with Crippen molar-refractivity contribution in [3.05, 3.63) is 105 Å². The number of aromatic nitrogens is 6. The van der Waals surface area contributed by atoms with Gasteiger partial charge in [0.25, 0.3) is 5.56 Å². The molecule has 0 amide bonds. The number of phosphoric acid groups is 1. The van der Waals surface area contributed by atoms with Crippen LogP contribution in [0.1, 0.15) is 28.4 Å². The number of fused-ring (bicyclic) bond motifs is 4. The van der Waals surface area contributed by atoms with Crippen molar-refractivity contribution in [2.24, 2.45) is 0 Å². The molecule has 0 saturated carbocycles. The highest BCUT2D eigenvalue weighted by Crippen LogP contribution is 2.65. The van der Waals surface area contributed by atoms with E-state index in [1.807, 2.05) is 4.98 Å². The average molecular weight is 882 g/mol. The fourth-order valence-electron chi connectivity index (χ4n) is 6.36. The van der Waals surface area contributed by atoms with Gasteiger partial charge in [-0.1, -0.05) is 12.1 Å². The van der Waals surface area contributed by atoms with Crippen LogP contribution in [0.25, 0.3) is 11.2 Å². The van der Waals surface area contributed by atoms with E-state index < -0.39 is 94.3 Å². The molecule has 5 aromatic rings. The Kier molecular flexibility index (Phi) is 11.3. The van der Waals surface area contributed by atoms with E-state index in [1.165, 1.54) is 48.5 Å². The number of carbonyl (C=O) groups is 1. The first-order valence-corrected chi connectivity index (χ1v) is 22.0. The summed E-state index contributed by atoms with van der Waals surface area (Å²) < 4.78 is 102. The van der Waals surface area contributed by atoms with Crippen LogP contribution in [0.15, 0.2) is 83.0 Å². The van der Waals surface area contributed by atoms with Gasteiger partial charge in [-0.05, 0) is 53.3 Å². The summed E-state index contributed by atoms with van der Waals surface area (Å²) in [6, 6.07) is 12.3. The van der Waals surface area contributed by atoms with Gasteiger partial charge in [-0.3, -0.25) is 37.0 Å². The third-order valence-corrected chi connectivity index (χ3v) is 13.9. The number of benzene rings is 2. The minimum Gasteiger partial charge on any atom is -0.508 e. The van der Waals surface area contributed by atoms with Gasteiger partial charge >= 0.3 is 26.3 Å². The van der Waals surface area contributed by atoms with E-state index in [0.717, 1.165) is 29.5 Å². The molecule has 3 saturated heterocycles. The lowest BCUT2D eigenvalue weighted by Gasteiger charge is -2.27. The zero-order valence-electron chi connectivity index (χ0n) is 29.8. The standard InChI is InChI=1S/C33H31F2N7O14P2S/c34-23-20-11-51-58(49,59-13-16-1-7-19(8-2-16)52-32(45)17-3-5-18(43)6-4-17)56-26-21(54-30(24(26)35)42-15-39-25-28(36)37-14-38-29(25)42)12-50-57(47,48)55-27(23)31(53-20)41-10-9-22(44)40-33(41)46/h1-10,14-15,20-21,23-24,26-27,30-31,43H,11-13H2,(H,47,48)(H2,36,37,38)(H,40,44,46)/t20?,21?,23-,24-,26-,27-,30-,31-,58?/m1/s1. The van der Waals surface area contributed by atoms with E-state index in [-0.39, 0.29) is 39.8 Å². The molecule has 6 heterocycles. The molecule has 2 bridgehead atoms. The maximum atomic E-state index is 16.7. The van der Waals surface area contributed by atoms with E-state index in [4.69, 9.17) is 38.0 Å². The summed E-state index contributed by atoms with van der Waals surface area (Å²) in [5.74, 6) is -0.746. The van der Waals surface area contributed by atoms with E-state index in [0.29, 0.717) is 21.5 Å². The number of hydrogen-bond donors (Lipinski definition) is 4. The molecule has 3 aliphatic heterocycles. The Morgan fingerprint density at radius 3 is 2.39 bits per heavy atom. The summed E-state index contributed by atoms with van der Waals surface area (Å²) >= 11 is 0.561. The maximum Gasteiger partial charge on any atom is 0.472 e. The summed E-state index contributed by atoms with van der Waals surface area (Å²) in [5, 5.41) is 9.49. The van der Waals surface area contributed by atoms with E-state index >= 15 is 8.78 Å². The number of aromatic hydroxyl groups is 1. The number of hydrogen-bond acceptors (Lipinski definition) is 18. The highest BCUT2D eigenvalue weighted by Gasteiger charge is 2.55. The predicted octanol–water partition coefficient (Wildman–Crippen LogP) is 3.31. The molecule has 312 valence electrons. The van der Waals surface area contributed by atoms with Gasteiger partial charge in [-0.15, -0.1) is 0 Å². The van der Waals surface area contributed by atoms with Crippen molar-refractivity contribution in [2.45, 2.75) is 55.0 Å². The minimum absolute atomic E-state index is 0.0223. The number of nitrogens with zero attached hydrogens (tertiary/aromatic N) is 5. The Morgan fingerprint density at radius 1 is 0.915 bits per heavy atom. The smallest absolute Gasteiger partial charge is 0.472 e. The molecule has 3 aliphatic rings. The molecule has 5 N–H and O–H groups in total. The van der Waals surface area contributed by atoms with Crippen molar-refractivity contribution in [3.63, 3.8) is 0 Å². The number of carbonyl (C=O) groups excluding carboxylic acids is 1. The summed E-state index contributed by atoms with van der Waals surface area (Å²) in [6.45, 7) is -6.50. The highest BCUT2D eigenvalue weighted by molar-refractivity contribution is 8.54. The van der Waals surface area contributed by atoms with Crippen molar-refractivity contribution in [1.82, 2.24) is 29.1 Å². The lowest BCUT2D eigenvalue weighted by molar-refractivity contribution is -0.0652. The van der Waals surface area contributed by atoms with Crippen molar-refractivity contribution >= 4 is 49.0 Å². The fourth-order valence-corrected chi connectivity index (χ4v) is 10.7. The molecule has 3 aromatic heterocycles. The van der Waals surface area contributed by atoms with Crippen LogP contribution in [-0.2, 0) is 42.5 Å². The molecule has 0 spiro atoms. The molecule has 21 nitrogen and oxygen atoms in total. The van der Waals surface area contributed by atoms with E-state index in [1.54, 1.807) is 0 Å². The second-order valence-corrected chi connectivity index (χ2v) is 18.6. The van der Waals surface area contributed by atoms with Crippen molar-refractivity contribution in [2.75, 3.05) is 18.9 Å². The molecular weight excluding hydrogens is 850 g/mol. The van der Waals surface area contributed by atoms with Crippen LogP contribution >= 0.6 is 26.0 Å². The van der Waals surface area contributed by atoms with Gasteiger partial charge in [0.05, 0.1) is 25.1 Å². The monoisotopic (exact) mass is 881 g/mol. The first-order valence-electron chi connectivity index (χ1n) is 17.3. The summed E-state index contributed by atoms with van der Waals surface area (Å²) in [7, 11) is -5.31. The number of anilines is 1. The Morgan fingerprint density at radius 2 is 1.64 bits per heavy atom. The van der Waals surface area contributed by atoms with Crippen LogP contribution < -0.4 is 21.7 Å². The molecule has 8 rings (SSSR count). The van der Waals surface area contributed by atoms with Gasteiger partial charge in [0, 0.05) is 18.0 Å². The second kappa shape index (κ2) is 16.3. The number of phenolic OH excluding ortho intramolecular Hbond substituents is 1. The molecule has 0 radical (unpaired) electrons. The minimum atomic E-state index is -5.31. The number of ether oxygens (including phenoxy) is 3. The normalized spacial score (nSPS) is 31.2. The average Bonchev–Trinajstić information content (AvgIpc) is 3.86. The number of H-pyrrole nitrogens is 1. The SMILES string of the molecule is Nc1ncnc2c1ncn2[C@@H]1OC2COP(=O)(O)O[C@@H]3[C@H](F)C(COP(=O)(SCc4ccc(OC(=O)c5ccc(O)cc5)cc4)O[C@H]2[C@H]1F)O[C@H]3n1ccc(=O)[nH]c1=O. The maximum absolute atomic E-state index is 16.7. The van der Waals surface area contributed by atoms with Gasteiger partial charge in [-0.25, -0.2) is 42.5 Å². The van der Waals surface area contributed by atoms with Crippen LogP contribution in [0.5, 0.6) is 11.5 Å². The molecule has 2 aromatic carbocycles. The number of phenols is 1. The van der Waals surface area contributed by atoms with Crippen molar-refractivity contribution < 1.29 is 65.0 Å². The Labute approximate surface area is 333 Å². The number of esters is 1. The Balaban J connectivity index is 1.08. The molecule has 10 atom stereocenters. The molecule has 0 aliphatic carbocycles. The van der Waals surface area contributed by atoms with Gasteiger partial charge in [0.1, 0.15) is 47.8 Å². The summed E-state index contributed by atoms with van der Waals surface area (Å²) in [6.07, 6.45) is -11.9. The number of imidazole rings is 1. The van der Waals surface area contributed by atoms with Gasteiger partial charge in [0.15, 0.2) is 36.3 Å². The number of nitrogen functional groups attached to an aromatic ring is 1. The lowest BCUT2D eigenvalue weighted by atomic mass is 10.1. The molecule has 59 heavy (non-hydrogen) atoms. The van der Waals surface area contributed by atoms with Crippen LogP contribution in [0.3, 0.4) is 0 Å². The third kappa shape index (κ3) is 8.59. The van der Waals surface area contributed by atoms with E-state index in [2.05, 4.69) is 15.0 Å². The number of aromatic amines is 1. The zero-order valence-corrected chi connectivity index (χ0v) is 32.4. The van der Waals surface area contributed by atoms with Crippen LogP contribution in [-0.4, -0.2) is 95.0 Å². The molecular formula is C33H31F2N7O14P2S. The number of phosphoric ester groups is 1. The largest absolute Gasteiger partial charge is 0.508 e. The van der Waals surface area contributed by atoms with Gasteiger partial charge in [0.2, 0.25) is 0 Å². The molecule has 26 heteroatoms. The summed E-state index contributed by atoms with van der Waals surface area (Å²) in [4.78, 5) is 61.8. The highest BCUT2D eigenvalue weighted by atomic mass is 32.7.